The Morgan fingerprint density at radius 1 is 0.760 bits per heavy atom. The van der Waals surface area contributed by atoms with Gasteiger partial charge in [-0.2, -0.15) is 0 Å². The fraction of sp³-hybridized carbons (Fsp3) is 0.500. The van der Waals surface area contributed by atoms with Crippen LogP contribution in [0, 0.1) is 35.1 Å². The maximum Gasteiger partial charge on any atom is 0.147 e. The van der Waals surface area contributed by atoms with E-state index in [1.54, 1.807) is 0 Å². The standard InChI is InChI=1S/C24H32Si/c1-21(2)25(22(3)4,23(5)6)20-16-11-9-7-8-10-13-17-24-18-14-12-15-19-24/h12,14-15,18-19,21-23H,7-8,10H2,1-6H3. The van der Waals surface area contributed by atoms with Crippen LogP contribution >= 0.6 is 0 Å². The summed E-state index contributed by atoms with van der Waals surface area (Å²) >= 11 is 0. The molecule has 0 aromatic heterocycles. The topological polar surface area (TPSA) is 0 Å². The van der Waals surface area contributed by atoms with Crippen molar-refractivity contribution < 1.29 is 0 Å². The zero-order valence-corrected chi connectivity index (χ0v) is 17.7. The first kappa shape index (κ1) is 21.2. The van der Waals surface area contributed by atoms with Crippen LogP contribution in [0.1, 0.15) is 66.4 Å². The van der Waals surface area contributed by atoms with Gasteiger partial charge in [0.1, 0.15) is 8.07 Å². The van der Waals surface area contributed by atoms with Gasteiger partial charge in [-0.3, -0.25) is 0 Å². The molecule has 0 saturated heterocycles. The highest BCUT2D eigenvalue weighted by Gasteiger charge is 2.41. The Morgan fingerprint density at radius 3 is 1.88 bits per heavy atom. The zero-order chi connectivity index (χ0) is 18.7. The Labute approximate surface area is 156 Å². The molecule has 0 radical (unpaired) electrons. The molecule has 0 aliphatic carbocycles. The summed E-state index contributed by atoms with van der Waals surface area (Å²) in [5.74, 6) is 15.9. The van der Waals surface area contributed by atoms with Crippen molar-refractivity contribution in [3.63, 3.8) is 0 Å². The molecule has 0 fully saturated rings. The van der Waals surface area contributed by atoms with Gasteiger partial charge in [-0.05, 0) is 47.0 Å². The summed E-state index contributed by atoms with van der Waals surface area (Å²) in [6.45, 7) is 14.0. The first-order valence-electron chi connectivity index (χ1n) is 9.45. The molecular weight excluding hydrogens is 316 g/mol. The van der Waals surface area contributed by atoms with Gasteiger partial charge in [-0.25, -0.2) is 0 Å². The summed E-state index contributed by atoms with van der Waals surface area (Å²) in [5, 5.41) is 0. The Bertz CT molecular complexity index is 669. The smallest absolute Gasteiger partial charge is 0.116 e. The monoisotopic (exact) mass is 348 g/mol. The number of unbranched alkanes of at least 4 members (excludes halogenated alkanes) is 2. The summed E-state index contributed by atoms with van der Waals surface area (Å²) in [6.07, 6.45) is 2.77. The molecular formula is C24H32Si. The molecule has 0 nitrogen and oxygen atoms in total. The van der Waals surface area contributed by atoms with E-state index in [1.807, 2.05) is 30.3 Å². The molecule has 1 aromatic carbocycles. The third-order valence-electron chi connectivity index (χ3n) is 4.91. The maximum atomic E-state index is 3.64. The quantitative estimate of drug-likeness (QED) is 0.326. The molecule has 0 bridgehead atoms. The minimum Gasteiger partial charge on any atom is -0.116 e. The van der Waals surface area contributed by atoms with Gasteiger partial charge in [0.2, 0.25) is 0 Å². The summed E-state index contributed by atoms with van der Waals surface area (Å²) in [6, 6.07) is 10.1. The molecule has 1 aromatic rings. The Kier molecular flexibility index (Phi) is 9.20. The van der Waals surface area contributed by atoms with Gasteiger partial charge in [-0.1, -0.05) is 77.5 Å². The van der Waals surface area contributed by atoms with Crippen LogP contribution in [0.2, 0.25) is 16.6 Å². The van der Waals surface area contributed by atoms with Crippen LogP contribution in [0.5, 0.6) is 0 Å². The largest absolute Gasteiger partial charge is 0.147 e. The highest BCUT2D eigenvalue weighted by molar-refractivity contribution is 6.90. The maximum absolute atomic E-state index is 3.64. The van der Waals surface area contributed by atoms with Crippen LogP contribution in [-0.4, -0.2) is 8.07 Å². The van der Waals surface area contributed by atoms with Crippen molar-refractivity contribution in [2.75, 3.05) is 0 Å². The lowest BCUT2D eigenvalue weighted by Gasteiger charge is -2.37. The van der Waals surface area contributed by atoms with Crippen molar-refractivity contribution >= 4 is 8.07 Å². The Morgan fingerprint density at radius 2 is 1.32 bits per heavy atom. The predicted molar refractivity (Wildman–Crippen MR) is 114 cm³/mol. The molecule has 0 spiro atoms. The van der Waals surface area contributed by atoms with Gasteiger partial charge in [0.25, 0.3) is 0 Å². The second-order valence-corrected chi connectivity index (χ2v) is 13.1. The van der Waals surface area contributed by atoms with Gasteiger partial charge in [-0.15, -0.1) is 5.54 Å². The van der Waals surface area contributed by atoms with Crippen molar-refractivity contribution in [1.82, 2.24) is 0 Å². The zero-order valence-electron chi connectivity index (χ0n) is 16.7. The average Bonchev–Trinajstić information content (AvgIpc) is 2.56. The highest BCUT2D eigenvalue weighted by atomic mass is 28.3. The minimum atomic E-state index is -1.63. The van der Waals surface area contributed by atoms with Crippen LogP contribution < -0.4 is 0 Å². The van der Waals surface area contributed by atoms with Crippen LogP contribution in [0.3, 0.4) is 0 Å². The Balaban J connectivity index is 2.55. The van der Waals surface area contributed by atoms with Gasteiger partial charge in [0.05, 0.1) is 0 Å². The van der Waals surface area contributed by atoms with Crippen molar-refractivity contribution in [1.29, 1.82) is 0 Å². The molecule has 0 saturated carbocycles. The van der Waals surface area contributed by atoms with E-state index in [0.29, 0.717) is 16.6 Å². The van der Waals surface area contributed by atoms with E-state index in [2.05, 4.69) is 76.7 Å². The molecule has 0 unspecified atom stereocenters. The van der Waals surface area contributed by atoms with E-state index in [-0.39, 0.29) is 0 Å². The summed E-state index contributed by atoms with van der Waals surface area (Å²) < 4.78 is 0. The van der Waals surface area contributed by atoms with Crippen molar-refractivity contribution in [2.45, 2.75) is 77.4 Å². The van der Waals surface area contributed by atoms with Crippen LogP contribution in [-0.2, 0) is 0 Å². The molecule has 132 valence electrons. The number of hydrogen-bond acceptors (Lipinski definition) is 0. The van der Waals surface area contributed by atoms with Gasteiger partial charge in [0, 0.05) is 18.4 Å². The lowest BCUT2D eigenvalue weighted by Crippen LogP contribution is -2.43. The first-order valence-corrected chi connectivity index (χ1v) is 11.7. The molecule has 0 aliphatic rings. The van der Waals surface area contributed by atoms with E-state index in [9.17, 15) is 0 Å². The van der Waals surface area contributed by atoms with Crippen LogP contribution in [0.25, 0.3) is 0 Å². The lowest BCUT2D eigenvalue weighted by atomic mass is 10.2. The number of hydrogen-bond donors (Lipinski definition) is 0. The fourth-order valence-corrected chi connectivity index (χ4v) is 8.78. The van der Waals surface area contributed by atoms with E-state index in [4.69, 9.17) is 0 Å². The van der Waals surface area contributed by atoms with Crippen LogP contribution in [0.4, 0.5) is 0 Å². The molecule has 0 aliphatic heterocycles. The average molecular weight is 349 g/mol. The summed E-state index contributed by atoms with van der Waals surface area (Å²) in [5.41, 5.74) is 6.71. The fourth-order valence-electron chi connectivity index (χ4n) is 3.63. The minimum absolute atomic E-state index is 0.662. The second kappa shape index (κ2) is 10.9. The molecule has 0 heterocycles. The van der Waals surface area contributed by atoms with Gasteiger partial charge >= 0.3 is 0 Å². The van der Waals surface area contributed by atoms with E-state index in [0.717, 1.165) is 24.8 Å². The number of rotatable bonds is 5. The van der Waals surface area contributed by atoms with Crippen LogP contribution in [0.15, 0.2) is 30.3 Å². The predicted octanol–water partition coefficient (Wildman–Crippen LogP) is 6.43. The second-order valence-electron chi connectivity index (χ2n) is 7.47. The normalized spacial score (nSPS) is 10.6. The number of benzene rings is 1. The highest BCUT2D eigenvalue weighted by Crippen LogP contribution is 2.40. The molecule has 0 amide bonds. The lowest BCUT2D eigenvalue weighted by molar-refractivity contribution is 0.838. The third-order valence-corrected chi connectivity index (χ3v) is 11.2. The van der Waals surface area contributed by atoms with E-state index in [1.165, 1.54) is 0 Å². The van der Waals surface area contributed by atoms with Gasteiger partial charge in [0.15, 0.2) is 0 Å². The molecule has 0 atom stereocenters. The van der Waals surface area contributed by atoms with E-state index >= 15 is 0 Å². The van der Waals surface area contributed by atoms with Crippen molar-refractivity contribution in [3.05, 3.63) is 35.9 Å². The van der Waals surface area contributed by atoms with Crippen molar-refractivity contribution in [3.8, 4) is 35.1 Å². The van der Waals surface area contributed by atoms with Gasteiger partial charge < -0.3 is 0 Å². The third kappa shape index (κ3) is 6.50. The van der Waals surface area contributed by atoms with E-state index < -0.39 is 8.07 Å². The summed E-state index contributed by atoms with van der Waals surface area (Å²) in [4.78, 5) is 0. The molecule has 0 N–H and O–H groups in total. The molecule has 1 rings (SSSR count). The van der Waals surface area contributed by atoms with Crippen molar-refractivity contribution in [2.24, 2.45) is 0 Å². The summed E-state index contributed by atoms with van der Waals surface area (Å²) in [7, 11) is -1.63. The molecule has 25 heavy (non-hydrogen) atoms. The molecule has 1 heteroatoms. The Hall–Kier alpha value is -1.88. The first-order chi connectivity index (χ1) is 11.9. The SMILES string of the molecule is CC(C)[Si](C#CC#CCCCC#Cc1ccccc1)(C(C)C)C(C)C.